The van der Waals surface area contributed by atoms with E-state index in [-0.39, 0.29) is 18.4 Å². The number of halogens is 1. The van der Waals surface area contributed by atoms with Gasteiger partial charge in [-0.3, -0.25) is 9.59 Å². The molecule has 6 nitrogen and oxygen atoms in total. The summed E-state index contributed by atoms with van der Waals surface area (Å²) in [4.78, 5) is 27.3. The van der Waals surface area contributed by atoms with Gasteiger partial charge in [0.1, 0.15) is 6.04 Å². The fourth-order valence-corrected chi connectivity index (χ4v) is 3.07. The second-order valence-electron chi connectivity index (χ2n) is 8.00. The Morgan fingerprint density at radius 1 is 1.07 bits per heavy atom. The minimum atomic E-state index is -0.665. The van der Waals surface area contributed by atoms with Crippen molar-refractivity contribution in [3.63, 3.8) is 0 Å². The molecule has 7 heteroatoms. The van der Waals surface area contributed by atoms with E-state index in [1.807, 2.05) is 51.1 Å². The zero-order chi connectivity index (χ0) is 22.3. The van der Waals surface area contributed by atoms with E-state index in [0.717, 1.165) is 10.0 Å². The molecular formula is C23H29BrN2O4. The summed E-state index contributed by atoms with van der Waals surface area (Å²) in [5.41, 5.74) is 0.519. The Morgan fingerprint density at radius 2 is 1.67 bits per heavy atom. The molecular weight excluding hydrogens is 448 g/mol. The van der Waals surface area contributed by atoms with E-state index in [0.29, 0.717) is 18.0 Å². The molecule has 0 radical (unpaired) electrons. The van der Waals surface area contributed by atoms with Gasteiger partial charge in [0.2, 0.25) is 5.91 Å². The summed E-state index contributed by atoms with van der Waals surface area (Å²) in [6, 6.07) is 14.1. The van der Waals surface area contributed by atoms with Crippen molar-refractivity contribution in [3.8, 4) is 11.5 Å². The predicted octanol–water partition coefficient (Wildman–Crippen LogP) is 4.17. The van der Waals surface area contributed by atoms with Crippen molar-refractivity contribution in [2.75, 3.05) is 13.7 Å². The molecule has 0 spiro atoms. The molecule has 0 aliphatic carbocycles. The van der Waals surface area contributed by atoms with E-state index in [1.54, 1.807) is 32.2 Å². The molecule has 2 aromatic carbocycles. The summed E-state index contributed by atoms with van der Waals surface area (Å²) < 4.78 is 11.9. The van der Waals surface area contributed by atoms with Crippen molar-refractivity contribution < 1.29 is 19.1 Å². The van der Waals surface area contributed by atoms with E-state index in [2.05, 4.69) is 21.2 Å². The number of ether oxygens (including phenoxy) is 2. The Morgan fingerprint density at radius 3 is 2.23 bits per heavy atom. The second kappa shape index (κ2) is 10.5. The minimum Gasteiger partial charge on any atom is -0.493 e. The first-order chi connectivity index (χ1) is 14.1. The van der Waals surface area contributed by atoms with Gasteiger partial charge in [-0.25, -0.2) is 0 Å². The van der Waals surface area contributed by atoms with Crippen molar-refractivity contribution in [2.45, 2.75) is 45.8 Å². The normalized spacial score (nSPS) is 12.1. The number of para-hydroxylation sites is 2. The first kappa shape index (κ1) is 23.7. The van der Waals surface area contributed by atoms with Gasteiger partial charge in [-0.15, -0.1) is 0 Å². The average Bonchev–Trinajstić information content (AvgIpc) is 2.70. The Bertz CT molecular complexity index is 862. The zero-order valence-electron chi connectivity index (χ0n) is 18.1. The lowest BCUT2D eigenvalue weighted by molar-refractivity contribution is -0.142. The summed E-state index contributed by atoms with van der Waals surface area (Å²) in [6.07, 6.45) is 0. The lowest BCUT2D eigenvalue weighted by atomic mass is 10.1. The first-order valence-corrected chi connectivity index (χ1v) is 10.5. The van der Waals surface area contributed by atoms with E-state index in [9.17, 15) is 9.59 Å². The molecule has 0 aliphatic heterocycles. The maximum atomic E-state index is 13.1. The van der Waals surface area contributed by atoms with Crippen LogP contribution < -0.4 is 14.8 Å². The first-order valence-electron chi connectivity index (χ1n) is 9.72. The van der Waals surface area contributed by atoms with Crippen LogP contribution in [0, 0.1) is 0 Å². The molecule has 2 rings (SSSR count). The third-order valence-electron chi connectivity index (χ3n) is 4.35. The van der Waals surface area contributed by atoms with Crippen LogP contribution in [-0.2, 0) is 16.1 Å². The molecule has 0 saturated heterocycles. The molecule has 30 heavy (non-hydrogen) atoms. The number of rotatable bonds is 8. The van der Waals surface area contributed by atoms with Crippen LogP contribution in [0.4, 0.5) is 0 Å². The van der Waals surface area contributed by atoms with Crippen molar-refractivity contribution in [2.24, 2.45) is 0 Å². The number of carbonyl (C=O) groups is 2. The zero-order valence-corrected chi connectivity index (χ0v) is 19.7. The van der Waals surface area contributed by atoms with E-state index >= 15 is 0 Å². The highest BCUT2D eigenvalue weighted by Gasteiger charge is 2.28. The van der Waals surface area contributed by atoms with Crippen molar-refractivity contribution in [3.05, 3.63) is 58.6 Å². The summed E-state index contributed by atoms with van der Waals surface area (Å²) >= 11 is 3.41. The molecule has 2 aromatic rings. The van der Waals surface area contributed by atoms with Crippen LogP contribution in [0.5, 0.6) is 11.5 Å². The molecule has 0 aromatic heterocycles. The maximum absolute atomic E-state index is 13.1. The number of amides is 2. The molecule has 1 atom stereocenters. The summed E-state index contributed by atoms with van der Waals surface area (Å²) in [6.45, 7) is 7.53. The van der Waals surface area contributed by atoms with Gasteiger partial charge in [-0.1, -0.05) is 40.2 Å². The van der Waals surface area contributed by atoms with Crippen molar-refractivity contribution in [1.82, 2.24) is 10.2 Å². The number of carbonyl (C=O) groups excluding carboxylic acids is 2. The van der Waals surface area contributed by atoms with Gasteiger partial charge in [0, 0.05) is 16.6 Å². The number of hydrogen-bond donors (Lipinski definition) is 1. The standard InChI is InChI=1S/C23H29BrN2O4/c1-16(22(28)25-23(2,3)4)26(14-17-10-12-18(24)13-11-17)21(27)15-30-20-9-7-6-8-19(20)29-5/h6-13,16H,14-15H2,1-5H3,(H,25,28). The van der Waals surface area contributed by atoms with Gasteiger partial charge in [-0.05, 0) is 57.5 Å². The van der Waals surface area contributed by atoms with Gasteiger partial charge < -0.3 is 19.7 Å². The number of benzene rings is 2. The lowest BCUT2D eigenvalue weighted by Gasteiger charge is -2.31. The average molecular weight is 477 g/mol. The van der Waals surface area contributed by atoms with Crippen LogP contribution in [0.3, 0.4) is 0 Å². The summed E-state index contributed by atoms with van der Waals surface area (Å²) in [5.74, 6) is 0.512. The van der Waals surface area contributed by atoms with E-state index in [1.165, 1.54) is 4.90 Å². The van der Waals surface area contributed by atoms with Gasteiger partial charge in [-0.2, -0.15) is 0 Å². The van der Waals surface area contributed by atoms with Gasteiger partial charge in [0.25, 0.3) is 5.91 Å². The van der Waals surface area contributed by atoms with E-state index < -0.39 is 11.6 Å². The summed E-state index contributed by atoms with van der Waals surface area (Å²) in [5, 5.41) is 2.94. The van der Waals surface area contributed by atoms with E-state index in [4.69, 9.17) is 9.47 Å². The molecule has 2 amide bonds. The van der Waals surface area contributed by atoms with Crippen molar-refractivity contribution in [1.29, 1.82) is 0 Å². The molecule has 1 N–H and O–H groups in total. The fraction of sp³-hybridized carbons (Fsp3) is 0.391. The molecule has 0 fully saturated rings. The second-order valence-corrected chi connectivity index (χ2v) is 8.92. The third kappa shape index (κ3) is 7.06. The maximum Gasteiger partial charge on any atom is 0.261 e. The SMILES string of the molecule is COc1ccccc1OCC(=O)N(Cc1ccc(Br)cc1)C(C)C(=O)NC(C)(C)C. The monoisotopic (exact) mass is 476 g/mol. The Labute approximate surface area is 186 Å². The summed E-state index contributed by atoms with van der Waals surface area (Å²) in [7, 11) is 1.54. The highest BCUT2D eigenvalue weighted by atomic mass is 79.9. The molecule has 0 bridgehead atoms. The number of methoxy groups -OCH3 is 1. The van der Waals surface area contributed by atoms with Crippen LogP contribution in [0.1, 0.15) is 33.3 Å². The van der Waals surface area contributed by atoms with Gasteiger partial charge in [0.05, 0.1) is 7.11 Å². The Kier molecular flexibility index (Phi) is 8.29. The highest BCUT2D eigenvalue weighted by molar-refractivity contribution is 9.10. The molecule has 0 saturated carbocycles. The Balaban J connectivity index is 2.19. The quantitative estimate of drug-likeness (QED) is 0.620. The third-order valence-corrected chi connectivity index (χ3v) is 4.88. The predicted molar refractivity (Wildman–Crippen MR) is 121 cm³/mol. The van der Waals surface area contributed by atoms with Crippen LogP contribution in [0.25, 0.3) is 0 Å². The molecule has 1 unspecified atom stereocenters. The Hall–Kier alpha value is -2.54. The van der Waals surface area contributed by atoms with Crippen LogP contribution in [0.2, 0.25) is 0 Å². The largest absolute Gasteiger partial charge is 0.493 e. The van der Waals surface area contributed by atoms with Gasteiger partial charge >= 0.3 is 0 Å². The fourth-order valence-electron chi connectivity index (χ4n) is 2.80. The molecule has 162 valence electrons. The van der Waals surface area contributed by atoms with Crippen LogP contribution in [-0.4, -0.2) is 42.0 Å². The lowest BCUT2D eigenvalue weighted by Crippen LogP contribution is -2.53. The van der Waals surface area contributed by atoms with Crippen LogP contribution in [0.15, 0.2) is 53.0 Å². The molecule has 0 heterocycles. The van der Waals surface area contributed by atoms with Crippen molar-refractivity contribution >= 4 is 27.7 Å². The minimum absolute atomic E-state index is 0.204. The number of hydrogen-bond acceptors (Lipinski definition) is 4. The molecule has 0 aliphatic rings. The topological polar surface area (TPSA) is 67.9 Å². The smallest absolute Gasteiger partial charge is 0.261 e. The van der Waals surface area contributed by atoms with Gasteiger partial charge in [0.15, 0.2) is 18.1 Å². The number of nitrogens with zero attached hydrogens (tertiary/aromatic N) is 1. The number of nitrogens with one attached hydrogen (secondary N) is 1. The highest BCUT2D eigenvalue weighted by Crippen LogP contribution is 2.26. The van der Waals surface area contributed by atoms with Crippen LogP contribution >= 0.6 is 15.9 Å².